The van der Waals surface area contributed by atoms with Gasteiger partial charge in [-0.3, -0.25) is 9.59 Å². The summed E-state index contributed by atoms with van der Waals surface area (Å²) >= 11 is 0. The monoisotopic (exact) mass is 326 g/mol. The summed E-state index contributed by atoms with van der Waals surface area (Å²) in [5.74, 6) is 0.563. The van der Waals surface area contributed by atoms with E-state index in [9.17, 15) is 9.59 Å². The summed E-state index contributed by atoms with van der Waals surface area (Å²) in [6.07, 6.45) is 3.40. The normalized spacial score (nSPS) is 14.4. The fraction of sp³-hybridized carbons (Fsp3) is 0.389. The van der Waals surface area contributed by atoms with Crippen molar-refractivity contribution >= 4 is 23.3 Å². The highest BCUT2D eigenvalue weighted by Crippen LogP contribution is 2.29. The number of nitrogens with one attached hydrogen (secondary N) is 1. The number of carbonyl (C=O) groups is 2. The molecule has 6 heteroatoms. The molecule has 0 saturated heterocycles. The van der Waals surface area contributed by atoms with Crippen molar-refractivity contribution < 1.29 is 9.59 Å². The maximum Gasteiger partial charge on any atom is 0.256 e. The van der Waals surface area contributed by atoms with Crippen LogP contribution < -0.4 is 10.2 Å². The number of hydrogen-bond donors (Lipinski definition) is 1. The number of rotatable bonds is 4. The van der Waals surface area contributed by atoms with Gasteiger partial charge in [0.15, 0.2) is 0 Å². The maximum atomic E-state index is 12.6. The number of aromatic nitrogens is 2. The van der Waals surface area contributed by atoms with Crippen molar-refractivity contribution in [3.63, 3.8) is 0 Å². The number of amides is 2. The zero-order valence-electron chi connectivity index (χ0n) is 14.2. The van der Waals surface area contributed by atoms with Crippen LogP contribution in [0.25, 0.3) is 0 Å². The lowest BCUT2D eigenvalue weighted by atomic mass is 10.1. The minimum absolute atomic E-state index is 0.0309. The SMILES string of the molecule is CCC(C)n1nccc1NC(=O)c1ccc2c(c1)CCN2C(C)=O. The average Bonchev–Trinajstić information content (AvgIpc) is 3.19. The Bertz CT molecular complexity index is 781. The van der Waals surface area contributed by atoms with Crippen LogP contribution in [0.15, 0.2) is 30.5 Å². The second kappa shape index (κ2) is 6.47. The van der Waals surface area contributed by atoms with Crippen LogP contribution in [0.4, 0.5) is 11.5 Å². The van der Waals surface area contributed by atoms with E-state index in [2.05, 4.69) is 24.3 Å². The van der Waals surface area contributed by atoms with E-state index >= 15 is 0 Å². The molecule has 126 valence electrons. The van der Waals surface area contributed by atoms with Gasteiger partial charge in [-0.1, -0.05) is 6.92 Å². The molecule has 0 aliphatic carbocycles. The van der Waals surface area contributed by atoms with E-state index in [1.165, 1.54) is 0 Å². The Hall–Kier alpha value is -2.63. The van der Waals surface area contributed by atoms with Crippen molar-refractivity contribution in [2.45, 2.75) is 39.7 Å². The fourth-order valence-electron chi connectivity index (χ4n) is 3.00. The van der Waals surface area contributed by atoms with Crippen LogP contribution in [0.3, 0.4) is 0 Å². The van der Waals surface area contributed by atoms with Gasteiger partial charge >= 0.3 is 0 Å². The first kappa shape index (κ1) is 16.2. The molecule has 1 aliphatic heterocycles. The van der Waals surface area contributed by atoms with Gasteiger partial charge in [-0.25, -0.2) is 4.68 Å². The van der Waals surface area contributed by atoms with Gasteiger partial charge in [0, 0.05) is 30.8 Å². The number of fused-ring (bicyclic) bond motifs is 1. The van der Waals surface area contributed by atoms with Crippen LogP contribution in [0.1, 0.15) is 49.2 Å². The Morgan fingerprint density at radius 3 is 2.83 bits per heavy atom. The number of benzene rings is 1. The van der Waals surface area contributed by atoms with Crippen molar-refractivity contribution in [2.75, 3.05) is 16.8 Å². The first-order valence-electron chi connectivity index (χ1n) is 8.27. The first-order valence-corrected chi connectivity index (χ1v) is 8.27. The molecular weight excluding hydrogens is 304 g/mol. The Labute approximate surface area is 141 Å². The number of nitrogens with zero attached hydrogens (tertiary/aromatic N) is 3. The van der Waals surface area contributed by atoms with Crippen molar-refractivity contribution in [3.8, 4) is 0 Å². The molecule has 2 heterocycles. The van der Waals surface area contributed by atoms with Gasteiger partial charge in [-0.05, 0) is 43.5 Å². The molecule has 2 amide bonds. The molecule has 0 radical (unpaired) electrons. The molecule has 1 aliphatic rings. The van der Waals surface area contributed by atoms with Gasteiger partial charge in [0.2, 0.25) is 5.91 Å². The van der Waals surface area contributed by atoms with Crippen LogP contribution in [-0.2, 0) is 11.2 Å². The minimum atomic E-state index is -0.163. The van der Waals surface area contributed by atoms with E-state index in [0.717, 1.165) is 24.1 Å². The van der Waals surface area contributed by atoms with Gasteiger partial charge in [0.25, 0.3) is 5.91 Å². The Kier molecular flexibility index (Phi) is 4.38. The van der Waals surface area contributed by atoms with Crippen LogP contribution in [-0.4, -0.2) is 28.1 Å². The molecule has 0 bridgehead atoms. The molecule has 1 aromatic heterocycles. The maximum absolute atomic E-state index is 12.6. The molecule has 0 saturated carbocycles. The second-order valence-corrected chi connectivity index (χ2v) is 6.14. The van der Waals surface area contributed by atoms with Crippen LogP contribution >= 0.6 is 0 Å². The molecule has 0 spiro atoms. The molecule has 1 N–H and O–H groups in total. The molecule has 1 atom stereocenters. The molecule has 6 nitrogen and oxygen atoms in total. The predicted octanol–water partition coefficient (Wildman–Crippen LogP) is 3.02. The standard InChI is InChI=1S/C18H22N4O2/c1-4-12(2)22-17(7-9-19-22)20-18(24)15-5-6-16-14(11-15)8-10-21(16)13(3)23/h5-7,9,11-12H,4,8,10H2,1-3H3,(H,20,24). The van der Waals surface area contributed by atoms with E-state index in [-0.39, 0.29) is 17.9 Å². The Balaban J connectivity index is 1.80. The zero-order valence-corrected chi connectivity index (χ0v) is 14.2. The van der Waals surface area contributed by atoms with Crippen LogP contribution in [0, 0.1) is 0 Å². The topological polar surface area (TPSA) is 67.2 Å². The third-order valence-corrected chi connectivity index (χ3v) is 4.54. The van der Waals surface area contributed by atoms with Gasteiger partial charge < -0.3 is 10.2 Å². The molecule has 1 unspecified atom stereocenters. The lowest BCUT2D eigenvalue weighted by Crippen LogP contribution is -2.25. The molecule has 1 aromatic carbocycles. The third kappa shape index (κ3) is 2.91. The molecule has 0 fully saturated rings. The summed E-state index contributed by atoms with van der Waals surface area (Å²) in [5.41, 5.74) is 2.54. The van der Waals surface area contributed by atoms with Crippen LogP contribution in [0.2, 0.25) is 0 Å². The quantitative estimate of drug-likeness (QED) is 0.939. The minimum Gasteiger partial charge on any atom is -0.312 e. The molecular formula is C18H22N4O2. The van der Waals surface area contributed by atoms with Gasteiger partial charge in [-0.2, -0.15) is 5.10 Å². The molecule has 3 rings (SSSR count). The van der Waals surface area contributed by atoms with E-state index in [4.69, 9.17) is 0 Å². The molecule has 24 heavy (non-hydrogen) atoms. The Morgan fingerprint density at radius 1 is 1.33 bits per heavy atom. The van der Waals surface area contributed by atoms with Gasteiger partial charge in [0.1, 0.15) is 5.82 Å². The lowest BCUT2D eigenvalue weighted by Gasteiger charge is -2.16. The van der Waals surface area contributed by atoms with E-state index < -0.39 is 0 Å². The third-order valence-electron chi connectivity index (χ3n) is 4.54. The zero-order chi connectivity index (χ0) is 17.3. The number of anilines is 2. The van der Waals surface area contributed by atoms with Crippen molar-refractivity contribution in [1.82, 2.24) is 9.78 Å². The summed E-state index contributed by atoms with van der Waals surface area (Å²) in [6, 6.07) is 7.51. The number of carbonyl (C=O) groups excluding carboxylic acids is 2. The van der Waals surface area contributed by atoms with Crippen molar-refractivity contribution in [2.24, 2.45) is 0 Å². The largest absolute Gasteiger partial charge is 0.312 e. The smallest absolute Gasteiger partial charge is 0.256 e. The van der Waals surface area contributed by atoms with Crippen LogP contribution in [0.5, 0.6) is 0 Å². The predicted molar refractivity (Wildman–Crippen MR) is 93.4 cm³/mol. The highest BCUT2D eigenvalue weighted by Gasteiger charge is 2.23. The lowest BCUT2D eigenvalue weighted by molar-refractivity contribution is -0.116. The van der Waals surface area contributed by atoms with Crippen molar-refractivity contribution in [3.05, 3.63) is 41.6 Å². The Morgan fingerprint density at radius 2 is 2.12 bits per heavy atom. The van der Waals surface area contributed by atoms with Gasteiger partial charge in [-0.15, -0.1) is 0 Å². The highest BCUT2D eigenvalue weighted by molar-refractivity contribution is 6.05. The van der Waals surface area contributed by atoms with E-state index in [1.54, 1.807) is 30.2 Å². The summed E-state index contributed by atoms with van der Waals surface area (Å²) < 4.78 is 1.82. The van der Waals surface area contributed by atoms with E-state index in [0.29, 0.717) is 17.9 Å². The summed E-state index contributed by atoms with van der Waals surface area (Å²) in [7, 11) is 0. The molecule has 2 aromatic rings. The summed E-state index contributed by atoms with van der Waals surface area (Å²) in [5, 5.41) is 7.21. The van der Waals surface area contributed by atoms with Crippen molar-refractivity contribution in [1.29, 1.82) is 0 Å². The van der Waals surface area contributed by atoms with E-state index in [1.807, 2.05) is 16.8 Å². The fourth-order valence-corrected chi connectivity index (χ4v) is 3.00. The number of hydrogen-bond acceptors (Lipinski definition) is 3. The van der Waals surface area contributed by atoms with Gasteiger partial charge in [0.05, 0.1) is 12.2 Å². The summed E-state index contributed by atoms with van der Waals surface area (Å²) in [4.78, 5) is 25.9. The highest BCUT2D eigenvalue weighted by atomic mass is 16.2. The second-order valence-electron chi connectivity index (χ2n) is 6.14. The summed E-state index contributed by atoms with van der Waals surface area (Å²) in [6.45, 7) is 6.38. The average molecular weight is 326 g/mol. The first-order chi connectivity index (χ1) is 11.5.